The smallest absolute Gasteiger partial charge is 0.350 e. The molecule has 1 aromatic carbocycles. The number of carbonyl (C=O) groups is 3. The third kappa shape index (κ3) is 5.01. The van der Waals surface area contributed by atoms with E-state index >= 15 is 0 Å². The van der Waals surface area contributed by atoms with Crippen LogP contribution in [0.5, 0.6) is 11.5 Å². The Labute approximate surface area is 186 Å². The summed E-state index contributed by atoms with van der Waals surface area (Å²) in [5.74, 6) is -0.404. The number of ether oxygens (including phenoxy) is 3. The number of benzene rings is 1. The van der Waals surface area contributed by atoms with Gasteiger partial charge in [0.1, 0.15) is 23.1 Å². The summed E-state index contributed by atoms with van der Waals surface area (Å²) < 4.78 is 15.9. The van der Waals surface area contributed by atoms with Gasteiger partial charge in [0.05, 0.1) is 11.4 Å². The molecule has 0 saturated heterocycles. The van der Waals surface area contributed by atoms with Crippen LogP contribution in [0.15, 0.2) is 42.6 Å². The van der Waals surface area contributed by atoms with Crippen molar-refractivity contribution in [3.05, 3.63) is 53.2 Å². The number of urea groups is 1. The van der Waals surface area contributed by atoms with Crippen molar-refractivity contribution in [2.24, 2.45) is 0 Å². The molecule has 1 aliphatic heterocycles. The summed E-state index contributed by atoms with van der Waals surface area (Å²) in [7, 11) is 0. The summed E-state index contributed by atoms with van der Waals surface area (Å²) >= 11 is 1.12. The van der Waals surface area contributed by atoms with Crippen molar-refractivity contribution in [3.63, 3.8) is 0 Å². The second-order valence-electron chi connectivity index (χ2n) is 6.59. The van der Waals surface area contributed by atoms with Crippen LogP contribution in [0.2, 0.25) is 0 Å². The lowest BCUT2D eigenvalue weighted by molar-refractivity contribution is -0.123. The van der Waals surface area contributed by atoms with Crippen molar-refractivity contribution in [1.29, 1.82) is 0 Å². The molecule has 0 unspecified atom stereocenters. The van der Waals surface area contributed by atoms with Gasteiger partial charge >= 0.3 is 12.0 Å². The first-order valence-corrected chi connectivity index (χ1v) is 10.4. The van der Waals surface area contributed by atoms with Crippen LogP contribution in [0.3, 0.4) is 0 Å². The molecule has 2 N–H and O–H groups in total. The first kappa shape index (κ1) is 21.2. The van der Waals surface area contributed by atoms with E-state index < -0.39 is 24.5 Å². The second kappa shape index (κ2) is 9.43. The van der Waals surface area contributed by atoms with Crippen molar-refractivity contribution >= 4 is 34.9 Å². The number of esters is 1. The molecule has 3 aromatic rings. The normalized spacial score (nSPS) is 12.0. The van der Waals surface area contributed by atoms with Gasteiger partial charge in [0.2, 0.25) is 0 Å². The molecule has 0 aliphatic carbocycles. The van der Waals surface area contributed by atoms with Crippen LogP contribution in [-0.4, -0.2) is 47.7 Å². The highest BCUT2D eigenvalue weighted by Crippen LogP contribution is 2.32. The number of hydrogen-bond donors (Lipinski definition) is 2. The molecular weight excluding hydrogens is 436 g/mol. The summed E-state index contributed by atoms with van der Waals surface area (Å²) in [5.41, 5.74) is 1.52. The minimum Gasteiger partial charge on any atom is -0.486 e. The highest BCUT2D eigenvalue weighted by atomic mass is 32.1. The van der Waals surface area contributed by atoms with E-state index in [1.54, 1.807) is 43.5 Å². The molecule has 3 amide bonds. The molecule has 0 spiro atoms. The summed E-state index contributed by atoms with van der Waals surface area (Å²) in [4.78, 5) is 45.2. The van der Waals surface area contributed by atoms with Crippen molar-refractivity contribution in [2.45, 2.75) is 6.92 Å². The van der Waals surface area contributed by atoms with E-state index in [-0.39, 0.29) is 4.88 Å². The molecule has 2 aromatic heterocycles. The fraction of sp³-hybridized carbons (Fsp3) is 0.190. The monoisotopic (exact) mass is 454 g/mol. The van der Waals surface area contributed by atoms with Crippen LogP contribution in [0.25, 0.3) is 10.7 Å². The standard InChI is InChI=1S/C21H18N4O6S/c1-12-18(32-19(23-12)14-4-2-3-7-22-14)20(27)31-11-17(26)25-21(28)24-13-5-6-15-16(10-13)30-9-8-29-15/h2-7,10H,8-9,11H2,1H3,(H2,24,25,26,28). The minimum absolute atomic E-state index is 0.263. The Morgan fingerprint density at radius 2 is 1.94 bits per heavy atom. The molecule has 0 fully saturated rings. The number of nitrogens with one attached hydrogen (secondary N) is 2. The number of carbonyl (C=O) groups excluding carboxylic acids is 3. The summed E-state index contributed by atoms with van der Waals surface area (Å²) in [6.45, 7) is 1.91. The molecule has 32 heavy (non-hydrogen) atoms. The van der Waals surface area contributed by atoms with Gasteiger partial charge in [0, 0.05) is 18.0 Å². The molecular formula is C21H18N4O6S. The SMILES string of the molecule is Cc1nc(-c2ccccn2)sc1C(=O)OCC(=O)NC(=O)Nc1ccc2c(c1)OCCO2. The molecule has 3 heterocycles. The number of thiazole rings is 1. The number of hydrogen-bond acceptors (Lipinski definition) is 9. The van der Waals surface area contributed by atoms with Crippen molar-refractivity contribution in [2.75, 3.05) is 25.1 Å². The quantitative estimate of drug-likeness (QED) is 0.563. The third-order valence-electron chi connectivity index (χ3n) is 4.25. The van der Waals surface area contributed by atoms with Crippen molar-refractivity contribution in [1.82, 2.24) is 15.3 Å². The van der Waals surface area contributed by atoms with Crippen LogP contribution in [0, 0.1) is 6.92 Å². The highest BCUT2D eigenvalue weighted by Gasteiger charge is 2.20. The Hall–Kier alpha value is -3.99. The van der Waals surface area contributed by atoms with Crippen molar-refractivity contribution < 1.29 is 28.6 Å². The van der Waals surface area contributed by atoms with Crippen molar-refractivity contribution in [3.8, 4) is 22.2 Å². The van der Waals surface area contributed by atoms with Crippen LogP contribution < -0.4 is 20.1 Å². The lowest BCUT2D eigenvalue weighted by Crippen LogP contribution is -2.37. The fourth-order valence-corrected chi connectivity index (χ4v) is 3.76. The number of amides is 3. The molecule has 4 rings (SSSR count). The van der Waals surface area contributed by atoms with E-state index in [0.717, 1.165) is 11.3 Å². The Kier molecular flexibility index (Phi) is 6.26. The van der Waals surface area contributed by atoms with Gasteiger partial charge in [0.15, 0.2) is 18.1 Å². The lowest BCUT2D eigenvalue weighted by atomic mass is 10.2. The van der Waals surface area contributed by atoms with Crippen LogP contribution in [0.4, 0.5) is 10.5 Å². The van der Waals surface area contributed by atoms with Crippen LogP contribution in [-0.2, 0) is 9.53 Å². The number of aryl methyl sites for hydroxylation is 1. The fourth-order valence-electron chi connectivity index (χ4n) is 2.83. The van der Waals surface area contributed by atoms with E-state index in [1.807, 2.05) is 6.07 Å². The molecule has 0 bridgehead atoms. The van der Waals surface area contributed by atoms with Gasteiger partial charge in [-0.3, -0.25) is 15.1 Å². The van der Waals surface area contributed by atoms with Gasteiger partial charge in [-0.05, 0) is 31.2 Å². The predicted octanol–water partition coefficient (Wildman–Crippen LogP) is 2.79. The maximum absolute atomic E-state index is 12.3. The largest absolute Gasteiger partial charge is 0.486 e. The predicted molar refractivity (Wildman–Crippen MR) is 115 cm³/mol. The van der Waals surface area contributed by atoms with E-state index in [1.165, 1.54) is 0 Å². The first-order chi connectivity index (χ1) is 15.5. The number of fused-ring (bicyclic) bond motifs is 1. The van der Waals surface area contributed by atoms with E-state index in [9.17, 15) is 14.4 Å². The number of aromatic nitrogens is 2. The second-order valence-corrected chi connectivity index (χ2v) is 7.58. The molecule has 11 heteroatoms. The third-order valence-corrected chi connectivity index (χ3v) is 5.41. The van der Waals surface area contributed by atoms with E-state index in [2.05, 4.69) is 20.6 Å². The molecule has 0 radical (unpaired) electrons. The maximum Gasteiger partial charge on any atom is 0.350 e. The van der Waals surface area contributed by atoms with E-state index in [0.29, 0.717) is 46.8 Å². The summed E-state index contributed by atoms with van der Waals surface area (Å²) in [5, 5.41) is 5.18. The van der Waals surface area contributed by atoms with Gasteiger partial charge in [0.25, 0.3) is 5.91 Å². The first-order valence-electron chi connectivity index (χ1n) is 9.56. The van der Waals surface area contributed by atoms with Gasteiger partial charge in [-0.15, -0.1) is 11.3 Å². The zero-order valence-electron chi connectivity index (χ0n) is 16.9. The number of rotatable bonds is 5. The van der Waals surface area contributed by atoms with Crippen LogP contribution >= 0.6 is 11.3 Å². The molecule has 164 valence electrons. The number of imide groups is 1. The highest BCUT2D eigenvalue weighted by molar-refractivity contribution is 7.17. The molecule has 0 atom stereocenters. The van der Waals surface area contributed by atoms with Gasteiger partial charge in [-0.1, -0.05) is 6.07 Å². The molecule has 1 aliphatic rings. The average Bonchev–Trinajstić information content (AvgIpc) is 3.19. The zero-order chi connectivity index (χ0) is 22.5. The topological polar surface area (TPSA) is 129 Å². The van der Waals surface area contributed by atoms with E-state index in [4.69, 9.17) is 14.2 Å². The summed E-state index contributed by atoms with van der Waals surface area (Å²) in [6, 6.07) is 9.47. The maximum atomic E-state index is 12.3. The Balaban J connectivity index is 1.29. The number of nitrogens with zero attached hydrogens (tertiary/aromatic N) is 2. The lowest BCUT2D eigenvalue weighted by Gasteiger charge is -2.19. The molecule has 10 nitrogen and oxygen atoms in total. The Morgan fingerprint density at radius 3 is 2.72 bits per heavy atom. The van der Waals surface area contributed by atoms with Crippen LogP contribution in [0.1, 0.15) is 15.4 Å². The summed E-state index contributed by atoms with van der Waals surface area (Å²) in [6.07, 6.45) is 1.63. The zero-order valence-corrected chi connectivity index (χ0v) is 17.7. The number of anilines is 1. The molecule has 0 saturated carbocycles. The number of pyridine rings is 1. The van der Waals surface area contributed by atoms with Gasteiger partial charge < -0.3 is 19.5 Å². The minimum atomic E-state index is -0.777. The Morgan fingerprint density at radius 1 is 1.12 bits per heavy atom. The Bertz CT molecular complexity index is 1160. The average molecular weight is 454 g/mol. The van der Waals surface area contributed by atoms with Gasteiger partial charge in [-0.25, -0.2) is 14.6 Å². The van der Waals surface area contributed by atoms with Gasteiger partial charge in [-0.2, -0.15) is 0 Å².